The van der Waals surface area contributed by atoms with Gasteiger partial charge in [0.25, 0.3) is 5.91 Å². The molecule has 4 rings (SSSR count). The van der Waals surface area contributed by atoms with Crippen LogP contribution in [0, 0.1) is 0 Å². The highest BCUT2D eigenvalue weighted by molar-refractivity contribution is 5.94. The lowest BCUT2D eigenvalue weighted by atomic mass is 10.1. The fraction of sp³-hybridized carbons (Fsp3) is 0.286. The summed E-state index contributed by atoms with van der Waals surface area (Å²) >= 11 is 0. The summed E-state index contributed by atoms with van der Waals surface area (Å²) in [6.07, 6.45) is 1.73. The van der Waals surface area contributed by atoms with Crippen molar-refractivity contribution in [2.75, 3.05) is 13.2 Å². The Morgan fingerprint density at radius 1 is 1.19 bits per heavy atom. The lowest BCUT2D eigenvalue weighted by molar-refractivity contribution is 0.0710. The molecule has 1 aliphatic heterocycles. The first-order valence-corrected chi connectivity index (χ1v) is 9.19. The quantitative estimate of drug-likeness (QED) is 0.682. The average Bonchev–Trinajstić information content (AvgIpc) is 3.38. The maximum Gasteiger partial charge on any atom is 0.254 e. The largest absolute Gasteiger partial charge is 0.494 e. The van der Waals surface area contributed by atoms with Gasteiger partial charge in [0, 0.05) is 17.7 Å². The SMILES string of the molecule is CCOc1ccc(C(=O)N2CCC[C@@H]2c2nc(-c3ccccc3)no2)cc1. The summed E-state index contributed by atoms with van der Waals surface area (Å²) < 4.78 is 10.9. The smallest absolute Gasteiger partial charge is 0.254 e. The van der Waals surface area contributed by atoms with E-state index in [1.165, 1.54) is 0 Å². The van der Waals surface area contributed by atoms with Crippen LogP contribution in [-0.4, -0.2) is 34.1 Å². The van der Waals surface area contributed by atoms with Crippen LogP contribution in [0.4, 0.5) is 0 Å². The Morgan fingerprint density at radius 3 is 2.70 bits per heavy atom. The first kappa shape index (κ1) is 17.3. The lowest BCUT2D eigenvalue weighted by Crippen LogP contribution is -2.30. The van der Waals surface area contributed by atoms with Crippen LogP contribution in [0.3, 0.4) is 0 Å². The van der Waals surface area contributed by atoms with E-state index in [-0.39, 0.29) is 11.9 Å². The van der Waals surface area contributed by atoms with Crippen LogP contribution in [-0.2, 0) is 0 Å². The number of benzene rings is 2. The van der Waals surface area contributed by atoms with Crippen molar-refractivity contribution in [2.24, 2.45) is 0 Å². The molecule has 1 amide bonds. The molecular formula is C21H21N3O3. The van der Waals surface area contributed by atoms with Crippen molar-refractivity contribution in [1.29, 1.82) is 0 Å². The van der Waals surface area contributed by atoms with Gasteiger partial charge in [-0.15, -0.1) is 0 Å². The van der Waals surface area contributed by atoms with Gasteiger partial charge in [0.2, 0.25) is 11.7 Å². The molecule has 3 aromatic rings. The highest BCUT2D eigenvalue weighted by Crippen LogP contribution is 2.33. The average molecular weight is 363 g/mol. The highest BCUT2D eigenvalue weighted by Gasteiger charge is 2.34. The summed E-state index contributed by atoms with van der Waals surface area (Å²) in [5.41, 5.74) is 1.53. The molecule has 0 unspecified atom stereocenters. The van der Waals surface area contributed by atoms with Gasteiger partial charge in [0.05, 0.1) is 6.61 Å². The molecule has 0 bridgehead atoms. The van der Waals surface area contributed by atoms with E-state index in [4.69, 9.17) is 9.26 Å². The third-order valence-electron chi connectivity index (χ3n) is 4.68. The summed E-state index contributed by atoms with van der Waals surface area (Å²) in [7, 11) is 0. The molecule has 6 heteroatoms. The fourth-order valence-corrected chi connectivity index (χ4v) is 3.37. The number of nitrogens with zero attached hydrogens (tertiary/aromatic N) is 3. The monoisotopic (exact) mass is 363 g/mol. The van der Waals surface area contributed by atoms with Crippen LogP contribution in [0.25, 0.3) is 11.4 Å². The molecule has 138 valence electrons. The van der Waals surface area contributed by atoms with Crippen LogP contribution < -0.4 is 4.74 Å². The first-order chi connectivity index (χ1) is 13.3. The van der Waals surface area contributed by atoms with Crippen LogP contribution in [0.5, 0.6) is 5.75 Å². The van der Waals surface area contributed by atoms with E-state index in [2.05, 4.69) is 10.1 Å². The predicted molar refractivity (Wildman–Crippen MR) is 100 cm³/mol. The van der Waals surface area contributed by atoms with Crippen molar-refractivity contribution >= 4 is 5.91 Å². The van der Waals surface area contributed by atoms with Crippen molar-refractivity contribution in [2.45, 2.75) is 25.8 Å². The maximum atomic E-state index is 13.0. The topological polar surface area (TPSA) is 68.5 Å². The number of aromatic nitrogens is 2. The third-order valence-corrected chi connectivity index (χ3v) is 4.68. The minimum atomic E-state index is -0.186. The van der Waals surface area contributed by atoms with Crippen molar-refractivity contribution < 1.29 is 14.1 Å². The molecule has 0 saturated carbocycles. The molecule has 6 nitrogen and oxygen atoms in total. The van der Waals surface area contributed by atoms with E-state index in [0.29, 0.717) is 30.4 Å². The second kappa shape index (κ2) is 7.61. The number of likely N-dealkylation sites (tertiary alicyclic amines) is 1. The molecular weight excluding hydrogens is 342 g/mol. The maximum absolute atomic E-state index is 13.0. The number of carbonyl (C=O) groups excluding carboxylic acids is 1. The molecule has 2 aromatic carbocycles. The van der Waals surface area contributed by atoms with Gasteiger partial charge < -0.3 is 14.2 Å². The normalized spacial score (nSPS) is 16.5. The Labute approximate surface area is 157 Å². The van der Waals surface area contributed by atoms with Gasteiger partial charge >= 0.3 is 0 Å². The van der Waals surface area contributed by atoms with Crippen LogP contribution in [0.1, 0.15) is 42.1 Å². The summed E-state index contributed by atoms with van der Waals surface area (Å²) in [5.74, 6) is 1.77. The molecule has 0 aliphatic carbocycles. The first-order valence-electron chi connectivity index (χ1n) is 9.19. The van der Waals surface area contributed by atoms with Crippen molar-refractivity contribution in [3.8, 4) is 17.1 Å². The van der Waals surface area contributed by atoms with E-state index >= 15 is 0 Å². The summed E-state index contributed by atoms with van der Waals surface area (Å²) in [5, 5.41) is 4.09. The van der Waals surface area contributed by atoms with Gasteiger partial charge in [-0.05, 0) is 44.0 Å². The molecule has 2 heterocycles. The second-order valence-electron chi connectivity index (χ2n) is 6.44. The van der Waals surface area contributed by atoms with E-state index in [1.54, 1.807) is 12.1 Å². The summed E-state index contributed by atoms with van der Waals surface area (Å²) in [4.78, 5) is 19.3. The third kappa shape index (κ3) is 3.56. The standard InChI is InChI=1S/C21H21N3O3/c1-2-26-17-12-10-16(11-13-17)21(25)24-14-6-9-18(24)20-22-19(23-27-20)15-7-4-3-5-8-15/h3-5,7-8,10-13,18H,2,6,9,14H2,1H3/t18-/m1/s1. The fourth-order valence-electron chi connectivity index (χ4n) is 3.37. The van der Waals surface area contributed by atoms with Gasteiger partial charge in [0.15, 0.2) is 0 Å². The number of ether oxygens (including phenoxy) is 1. The van der Waals surface area contributed by atoms with Gasteiger partial charge in [-0.25, -0.2) is 0 Å². The molecule has 1 aliphatic rings. The Kier molecular flexibility index (Phi) is 4.87. The molecule has 1 aromatic heterocycles. The zero-order valence-corrected chi connectivity index (χ0v) is 15.2. The van der Waals surface area contributed by atoms with E-state index < -0.39 is 0 Å². The molecule has 1 atom stereocenters. The van der Waals surface area contributed by atoms with Crippen molar-refractivity contribution in [3.05, 3.63) is 66.1 Å². The predicted octanol–water partition coefficient (Wildman–Crippen LogP) is 4.11. The summed E-state index contributed by atoms with van der Waals surface area (Å²) in [6, 6.07) is 16.7. The molecule has 27 heavy (non-hydrogen) atoms. The zero-order chi connectivity index (χ0) is 18.6. The lowest BCUT2D eigenvalue weighted by Gasteiger charge is -2.22. The van der Waals surface area contributed by atoms with Crippen molar-refractivity contribution in [3.63, 3.8) is 0 Å². The van der Waals surface area contributed by atoms with Crippen LogP contribution >= 0.6 is 0 Å². The number of hydrogen-bond acceptors (Lipinski definition) is 5. The summed E-state index contributed by atoms with van der Waals surface area (Å²) in [6.45, 7) is 3.21. The van der Waals surface area contributed by atoms with Gasteiger partial charge in [-0.3, -0.25) is 4.79 Å². The molecule has 0 spiro atoms. The van der Waals surface area contributed by atoms with Crippen LogP contribution in [0.15, 0.2) is 59.1 Å². The molecule has 0 N–H and O–H groups in total. The molecule has 1 saturated heterocycles. The number of carbonyl (C=O) groups is 1. The van der Waals surface area contributed by atoms with E-state index in [1.807, 2.05) is 54.3 Å². The highest BCUT2D eigenvalue weighted by atomic mass is 16.5. The van der Waals surface area contributed by atoms with E-state index in [9.17, 15) is 4.79 Å². The number of rotatable bonds is 5. The Balaban J connectivity index is 1.54. The number of hydrogen-bond donors (Lipinski definition) is 0. The van der Waals surface area contributed by atoms with Crippen molar-refractivity contribution in [1.82, 2.24) is 15.0 Å². The Hall–Kier alpha value is -3.15. The number of amides is 1. The Morgan fingerprint density at radius 2 is 1.96 bits per heavy atom. The van der Waals surface area contributed by atoms with Gasteiger partial charge in [0.1, 0.15) is 11.8 Å². The van der Waals surface area contributed by atoms with Crippen LogP contribution in [0.2, 0.25) is 0 Å². The van der Waals surface area contributed by atoms with Gasteiger partial charge in [-0.2, -0.15) is 4.98 Å². The zero-order valence-electron chi connectivity index (χ0n) is 15.2. The molecule has 0 radical (unpaired) electrons. The Bertz CT molecular complexity index is 906. The van der Waals surface area contributed by atoms with Gasteiger partial charge in [-0.1, -0.05) is 35.5 Å². The minimum Gasteiger partial charge on any atom is -0.494 e. The minimum absolute atomic E-state index is 0.0278. The van der Waals surface area contributed by atoms with E-state index in [0.717, 1.165) is 24.2 Å². The molecule has 1 fully saturated rings. The second-order valence-corrected chi connectivity index (χ2v) is 6.44.